The Hall–Kier alpha value is -0.830. The molecule has 16 heavy (non-hydrogen) atoms. The lowest BCUT2D eigenvalue weighted by Gasteiger charge is -2.11. The fraction of sp³-hybridized carbons (Fsp3) is 0.231. The summed E-state index contributed by atoms with van der Waals surface area (Å²) in [5.41, 5.74) is 8.35. The van der Waals surface area contributed by atoms with Crippen LogP contribution >= 0.6 is 22.9 Å². The zero-order valence-corrected chi connectivity index (χ0v) is 10.9. The molecule has 0 saturated heterocycles. The summed E-state index contributed by atoms with van der Waals surface area (Å²) in [6.45, 7) is 4.08. The van der Waals surface area contributed by atoms with Crippen molar-refractivity contribution in [1.29, 1.82) is 0 Å². The van der Waals surface area contributed by atoms with Gasteiger partial charge in [0.15, 0.2) is 0 Å². The van der Waals surface area contributed by atoms with Crippen molar-refractivity contribution in [1.82, 2.24) is 0 Å². The normalized spacial score (nSPS) is 12.8. The Labute approximate surface area is 105 Å². The third kappa shape index (κ3) is 2.29. The van der Waals surface area contributed by atoms with Gasteiger partial charge in [0, 0.05) is 14.8 Å². The third-order valence-electron chi connectivity index (χ3n) is 2.62. The number of rotatable bonds is 2. The minimum Gasteiger partial charge on any atom is -0.320 e. The van der Waals surface area contributed by atoms with Crippen LogP contribution in [0.15, 0.2) is 30.3 Å². The van der Waals surface area contributed by atoms with E-state index in [0.717, 1.165) is 16.1 Å². The Morgan fingerprint density at radius 1 is 1.19 bits per heavy atom. The van der Waals surface area contributed by atoms with Crippen molar-refractivity contribution in [2.75, 3.05) is 0 Å². The first-order valence-corrected chi connectivity index (χ1v) is 6.35. The number of hydrogen-bond acceptors (Lipinski definition) is 2. The summed E-state index contributed by atoms with van der Waals surface area (Å²) in [4.78, 5) is 2.46. The van der Waals surface area contributed by atoms with Gasteiger partial charge in [-0.05, 0) is 43.2 Å². The molecule has 2 aromatic rings. The minimum absolute atomic E-state index is 0.0724. The quantitative estimate of drug-likeness (QED) is 0.856. The summed E-state index contributed by atoms with van der Waals surface area (Å²) in [6, 6.07) is 10.1. The van der Waals surface area contributed by atoms with E-state index in [1.807, 2.05) is 25.1 Å². The molecule has 1 heterocycles. The van der Waals surface area contributed by atoms with E-state index in [9.17, 15) is 0 Å². The van der Waals surface area contributed by atoms with Crippen molar-refractivity contribution in [3.63, 3.8) is 0 Å². The van der Waals surface area contributed by atoms with Crippen LogP contribution in [-0.4, -0.2) is 0 Å². The molecule has 0 bridgehead atoms. The maximum absolute atomic E-state index is 6.20. The van der Waals surface area contributed by atoms with Crippen molar-refractivity contribution >= 4 is 22.9 Å². The Bertz CT molecular complexity index is 504. The lowest BCUT2D eigenvalue weighted by molar-refractivity contribution is 0.893. The molecular formula is C13H14ClNS. The van der Waals surface area contributed by atoms with E-state index in [1.165, 1.54) is 9.75 Å². The Morgan fingerprint density at radius 3 is 2.50 bits per heavy atom. The standard InChI is InChI=1S/C13H14ClNS/c1-8-3-5-10(7-11(8)14)13(15)12-6-4-9(2)16-12/h3-7,13H,15H2,1-2H3. The molecule has 0 spiro atoms. The predicted octanol–water partition coefficient (Wildman–Crippen LogP) is 4.07. The molecular weight excluding hydrogens is 238 g/mol. The molecule has 0 aliphatic rings. The molecule has 0 amide bonds. The molecule has 0 saturated carbocycles. The van der Waals surface area contributed by atoms with Gasteiger partial charge in [-0.15, -0.1) is 11.3 Å². The van der Waals surface area contributed by atoms with Crippen molar-refractivity contribution < 1.29 is 0 Å². The topological polar surface area (TPSA) is 26.0 Å². The maximum Gasteiger partial charge on any atom is 0.0646 e. The molecule has 1 nitrogen and oxygen atoms in total. The van der Waals surface area contributed by atoms with Crippen molar-refractivity contribution in [2.24, 2.45) is 5.73 Å². The Kier molecular flexibility index (Phi) is 3.33. The second kappa shape index (κ2) is 4.58. The van der Waals surface area contributed by atoms with Crippen LogP contribution in [0.4, 0.5) is 0 Å². The number of thiophene rings is 1. The smallest absolute Gasteiger partial charge is 0.0646 e. The van der Waals surface area contributed by atoms with Gasteiger partial charge in [-0.1, -0.05) is 23.7 Å². The fourth-order valence-corrected chi connectivity index (χ4v) is 2.68. The highest BCUT2D eigenvalue weighted by Gasteiger charge is 2.11. The van der Waals surface area contributed by atoms with Gasteiger partial charge in [-0.2, -0.15) is 0 Å². The van der Waals surface area contributed by atoms with Crippen molar-refractivity contribution in [3.8, 4) is 0 Å². The predicted molar refractivity (Wildman–Crippen MR) is 71.3 cm³/mol. The minimum atomic E-state index is -0.0724. The summed E-state index contributed by atoms with van der Waals surface area (Å²) >= 11 is 7.83. The molecule has 1 aromatic heterocycles. The SMILES string of the molecule is Cc1ccc(C(N)c2ccc(C)c(Cl)c2)s1. The molecule has 2 rings (SSSR count). The maximum atomic E-state index is 6.20. The van der Waals surface area contributed by atoms with E-state index in [4.69, 9.17) is 17.3 Å². The monoisotopic (exact) mass is 251 g/mol. The van der Waals surface area contributed by atoms with Gasteiger partial charge in [0.05, 0.1) is 6.04 Å². The summed E-state index contributed by atoms with van der Waals surface area (Å²) in [5.74, 6) is 0. The molecule has 1 atom stereocenters. The summed E-state index contributed by atoms with van der Waals surface area (Å²) in [6.07, 6.45) is 0. The molecule has 0 aliphatic carbocycles. The number of nitrogens with two attached hydrogens (primary N) is 1. The van der Waals surface area contributed by atoms with Gasteiger partial charge in [0.25, 0.3) is 0 Å². The molecule has 1 aromatic carbocycles. The van der Waals surface area contributed by atoms with Crippen LogP contribution in [-0.2, 0) is 0 Å². The first kappa shape index (κ1) is 11.6. The van der Waals surface area contributed by atoms with E-state index in [1.54, 1.807) is 11.3 Å². The first-order chi connectivity index (χ1) is 7.58. The van der Waals surface area contributed by atoms with Crippen LogP contribution in [0.1, 0.15) is 26.9 Å². The van der Waals surface area contributed by atoms with E-state index in [-0.39, 0.29) is 6.04 Å². The molecule has 1 unspecified atom stereocenters. The van der Waals surface area contributed by atoms with Crippen LogP contribution in [0.2, 0.25) is 5.02 Å². The Balaban J connectivity index is 2.33. The van der Waals surface area contributed by atoms with Crippen LogP contribution in [0, 0.1) is 13.8 Å². The average Bonchev–Trinajstić information content (AvgIpc) is 2.68. The Morgan fingerprint density at radius 2 is 1.94 bits per heavy atom. The fourth-order valence-electron chi connectivity index (χ4n) is 1.59. The zero-order valence-electron chi connectivity index (χ0n) is 9.33. The second-order valence-electron chi connectivity index (χ2n) is 3.93. The van der Waals surface area contributed by atoms with E-state index in [2.05, 4.69) is 19.1 Å². The van der Waals surface area contributed by atoms with Crippen LogP contribution in [0.25, 0.3) is 0 Å². The largest absolute Gasteiger partial charge is 0.320 e. The zero-order chi connectivity index (χ0) is 11.7. The van der Waals surface area contributed by atoms with Gasteiger partial charge in [-0.3, -0.25) is 0 Å². The number of aryl methyl sites for hydroxylation is 2. The highest BCUT2D eigenvalue weighted by Crippen LogP contribution is 2.28. The number of halogens is 1. The van der Waals surface area contributed by atoms with Crippen molar-refractivity contribution in [3.05, 3.63) is 56.2 Å². The lowest BCUT2D eigenvalue weighted by atomic mass is 10.0. The second-order valence-corrected chi connectivity index (χ2v) is 5.66. The summed E-state index contributed by atoms with van der Waals surface area (Å²) < 4.78 is 0. The van der Waals surface area contributed by atoms with Crippen LogP contribution in [0.5, 0.6) is 0 Å². The third-order valence-corrected chi connectivity index (χ3v) is 4.11. The van der Waals surface area contributed by atoms with Gasteiger partial charge >= 0.3 is 0 Å². The van der Waals surface area contributed by atoms with E-state index >= 15 is 0 Å². The van der Waals surface area contributed by atoms with Crippen LogP contribution in [0.3, 0.4) is 0 Å². The van der Waals surface area contributed by atoms with Gasteiger partial charge in [-0.25, -0.2) is 0 Å². The highest BCUT2D eigenvalue weighted by atomic mass is 35.5. The van der Waals surface area contributed by atoms with Crippen molar-refractivity contribution in [2.45, 2.75) is 19.9 Å². The molecule has 84 valence electrons. The highest BCUT2D eigenvalue weighted by molar-refractivity contribution is 7.12. The number of hydrogen-bond donors (Lipinski definition) is 1. The molecule has 0 aliphatic heterocycles. The first-order valence-electron chi connectivity index (χ1n) is 5.16. The summed E-state index contributed by atoms with van der Waals surface area (Å²) in [5, 5.41) is 0.779. The van der Waals surface area contributed by atoms with Crippen LogP contribution < -0.4 is 5.73 Å². The van der Waals surface area contributed by atoms with Gasteiger partial charge < -0.3 is 5.73 Å². The molecule has 3 heteroatoms. The lowest BCUT2D eigenvalue weighted by Crippen LogP contribution is -2.10. The number of benzene rings is 1. The van der Waals surface area contributed by atoms with Gasteiger partial charge in [0.1, 0.15) is 0 Å². The average molecular weight is 252 g/mol. The molecule has 2 N–H and O–H groups in total. The van der Waals surface area contributed by atoms with E-state index < -0.39 is 0 Å². The van der Waals surface area contributed by atoms with E-state index in [0.29, 0.717) is 0 Å². The van der Waals surface area contributed by atoms with Gasteiger partial charge in [0.2, 0.25) is 0 Å². The molecule has 0 fully saturated rings. The summed E-state index contributed by atoms with van der Waals surface area (Å²) in [7, 11) is 0. The molecule has 0 radical (unpaired) electrons.